The van der Waals surface area contributed by atoms with Crippen molar-refractivity contribution < 1.29 is 63.5 Å². The molecule has 37 heavy (non-hydrogen) atoms. The van der Waals surface area contributed by atoms with E-state index in [9.17, 15) is 30.3 Å². The van der Waals surface area contributed by atoms with Crippen molar-refractivity contribution in [3.05, 3.63) is 36.1 Å². The lowest BCUT2D eigenvalue weighted by Crippen LogP contribution is -2.60. The van der Waals surface area contributed by atoms with Crippen LogP contribution in [0.3, 0.4) is 0 Å². The Balaban J connectivity index is 1.34. The van der Waals surface area contributed by atoms with Gasteiger partial charge in [0.1, 0.15) is 42.2 Å². The quantitative estimate of drug-likeness (QED) is 0.191. The molecule has 3 heterocycles. The number of epoxide rings is 1. The molecule has 5 rings (SSSR count). The van der Waals surface area contributed by atoms with Crippen molar-refractivity contribution in [3.63, 3.8) is 0 Å². The van der Waals surface area contributed by atoms with Crippen molar-refractivity contribution in [2.24, 2.45) is 11.8 Å². The molecule has 0 spiro atoms. The van der Waals surface area contributed by atoms with Crippen molar-refractivity contribution in [3.8, 4) is 11.5 Å². The van der Waals surface area contributed by atoms with Gasteiger partial charge >= 0.3 is 5.97 Å². The van der Waals surface area contributed by atoms with E-state index in [-0.39, 0.29) is 5.56 Å². The Hall–Kier alpha value is -2.49. The van der Waals surface area contributed by atoms with Crippen molar-refractivity contribution in [2.45, 2.75) is 54.8 Å². The van der Waals surface area contributed by atoms with Gasteiger partial charge < -0.3 is 58.7 Å². The summed E-state index contributed by atoms with van der Waals surface area (Å²) in [6.07, 6.45) is -7.02. The van der Waals surface area contributed by atoms with Crippen molar-refractivity contribution in [1.29, 1.82) is 0 Å². The number of methoxy groups -OCH3 is 2. The van der Waals surface area contributed by atoms with Gasteiger partial charge in [0.05, 0.1) is 45.2 Å². The number of aliphatic hydroxyl groups is 5. The molecule has 4 aliphatic rings. The SMILES string of the molecule is COc1ccc(C(=O)O[C@H]2[C@@H]3C=CO[C@@H](O[C@@H]4O[C@H](CO)[C@@H](O)[C@H](O)[C@H]4O)[C@@H]3[C@@]3(CO)O[C@@H]23)cc1OC. The van der Waals surface area contributed by atoms with Crippen LogP contribution in [0.2, 0.25) is 0 Å². The summed E-state index contributed by atoms with van der Waals surface area (Å²) in [5, 5.41) is 50.2. The molecule has 0 bridgehead atoms. The number of carbonyl (C=O) groups excluding carboxylic acids is 1. The minimum Gasteiger partial charge on any atom is -0.493 e. The average Bonchev–Trinajstić information content (AvgIpc) is 3.60. The van der Waals surface area contributed by atoms with Gasteiger partial charge in [-0.2, -0.15) is 0 Å². The maximum atomic E-state index is 13.0. The summed E-state index contributed by atoms with van der Waals surface area (Å²) in [4.78, 5) is 13.0. The standard InChI is InChI=1S/C24H30O13/c1-31-12-4-3-10(7-13(12)32-2)21(30)35-19-11-5-6-33-22(15(11)24(9-26)20(19)37-24)36-23-18(29)17(28)16(27)14(8-25)34-23/h3-7,11,14-20,22-23,25-29H,8-9H2,1-2H3/t11-,14-,15-,16-,17+,18-,19+,20+,22+,23+,24-/m1/s1. The molecular formula is C24H30O13. The van der Waals surface area contributed by atoms with Crippen molar-refractivity contribution >= 4 is 5.97 Å². The highest BCUT2D eigenvalue weighted by Gasteiger charge is 2.77. The second-order valence-corrected chi connectivity index (χ2v) is 9.36. The summed E-state index contributed by atoms with van der Waals surface area (Å²) < 4.78 is 39.0. The predicted octanol–water partition coefficient (Wildman–Crippen LogP) is -1.71. The van der Waals surface area contributed by atoms with Crippen LogP contribution in [0.25, 0.3) is 0 Å². The number of hydrogen-bond acceptors (Lipinski definition) is 13. The Morgan fingerprint density at radius 1 is 1.03 bits per heavy atom. The van der Waals surface area contributed by atoms with E-state index in [1.807, 2.05) is 0 Å². The van der Waals surface area contributed by atoms with Crippen molar-refractivity contribution in [2.75, 3.05) is 27.4 Å². The lowest BCUT2D eigenvalue weighted by Gasteiger charge is -2.43. The predicted molar refractivity (Wildman–Crippen MR) is 119 cm³/mol. The molecule has 2 saturated heterocycles. The molecule has 1 saturated carbocycles. The number of carbonyl (C=O) groups is 1. The van der Waals surface area contributed by atoms with Gasteiger partial charge in [0, 0.05) is 5.92 Å². The smallest absolute Gasteiger partial charge is 0.338 e. The van der Waals surface area contributed by atoms with Crippen LogP contribution in [-0.4, -0.2) is 114 Å². The van der Waals surface area contributed by atoms with Crippen LogP contribution in [0.4, 0.5) is 0 Å². The molecule has 204 valence electrons. The highest BCUT2D eigenvalue weighted by Crippen LogP contribution is 2.60. The molecule has 11 atom stereocenters. The van der Waals surface area contributed by atoms with E-state index in [2.05, 4.69) is 0 Å². The fraction of sp³-hybridized carbons (Fsp3) is 0.625. The summed E-state index contributed by atoms with van der Waals surface area (Å²) in [6, 6.07) is 4.61. The summed E-state index contributed by atoms with van der Waals surface area (Å²) >= 11 is 0. The van der Waals surface area contributed by atoms with Crippen LogP contribution in [-0.2, 0) is 23.7 Å². The highest BCUT2D eigenvalue weighted by molar-refractivity contribution is 5.90. The van der Waals surface area contributed by atoms with Crippen LogP contribution in [0.5, 0.6) is 11.5 Å². The van der Waals surface area contributed by atoms with Crippen LogP contribution < -0.4 is 9.47 Å². The first-order valence-corrected chi connectivity index (χ1v) is 11.8. The number of benzene rings is 1. The van der Waals surface area contributed by atoms with E-state index in [0.29, 0.717) is 11.5 Å². The van der Waals surface area contributed by atoms with E-state index in [1.165, 1.54) is 32.6 Å². The van der Waals surface area contributed by atoms with E-state index in [1.54, 1.807) is 12.1 Å². The summed E-state index contributed by atoms with van der Waals surface area (Å²) in [7, 11) is 2.93. The fourth-order valence-electron chi connectivity index (χ4n) is 5.44. The number of hydrogen-bond donors (Lipinski definition) is 5. The zero-order chi connectivity index (χ0) is 26.5. The van der Waals surface area contributed by atoms with Crippen LogP contribution in [0, 0.1) is 11.8 Å². The molecule has 13 heteroatoms. The van der Waals surface area contributed by atoms with Gasteiger partial charge in [0.2, 0.25) is 6.29 Å². The molecule has 1 aromatic rings. The summed E-state index contributed by atoms with van der Waals surface area (Å²) in [5.74, 6) is -1.00. The molecule has 0 radical (unpaired) electrons. The monoisotopic (exact) mass is 526 g/mol. The van der Waals surface area contributed by atoms with Crippen LogP contribution in [0.15, 0.2) is 30.5 Å². The third-order valence-corrected chi connectivity index (χ3v) is 7.46. The largest absolute Gasteiger partial charge is 0.493 e. The maximum Gasteiger partial charge on any atom is 0.338 e. The first kappa shape index (κ1) is 26.1. The number of rotatable bonds is 8. The Labute approximate surface area is 211 Å². The number of ether oxygens (including phenoxy) is 7. The van der Waals surface area contributed by atoms with E-state index in [0.717, 1.165) is 0 Å². The molecule has 3 fully saturated rings. The number of esters is 1. The van der Waals surface area contributed by atoms with Gasteiger partial charge in [-0.25, -0.2) is 4.79 Å². The normalized spacial score (nSPS) is 41.8. The van der Waals surface area contributed by atoms with Gasteiger partial charge in [-0.1, -0.05) is 0 Å². The number of aliphatic hydroxyl groups excluding tert-OH is 5. The summed E-state index contributed by atoms with van der Waals surface area (Å²) in [5.41, 5.74) is -0.918. The minimum absolute atomic E-state index is 0.224. The van der Waals surface area contributed by atoms with E-state index >= 15 is 0 Å². The van der Waals surface area contributed by atoms with Crippen LogP contribution >= 0.6 is 0 Å². The first-order chi connectivity index (χ1) is 17.8. The third-order valence-electron chi connectivity index (χ3n) is 7.46. The fourth-order valence-corrected chi connectivity index (χ4v) is 5.44. The topological polar surface area (TPSA) is 186 Å². The van der Waals surface area contributed by atoms with Crippen LogP contribution in [0.1, 0.15) is 10.4 Å². The van der Waals surface area contributed by atoms with E-state index in [4.69, 9.17) is 33.2 Å². The second kappa shape index (κ2) is 10.0. The number of fused-ring (bicyclic) bond motifs is 3. The molecule has 3 aliphatic heterocycles. The van der Waals surface area contributed by atoms with Gasteiger partial charge in [-0.3, -0.25) is 0 Å². The molecular weight excluding hydrogens is 496 g/mol. The Bertz CT molecular complexity index is 1030. The molecule has 13 nitrogen and oxygen atoms in total. The molecule has 1 aromatic carbocycles. The second-order valence-electron chi connectivity index (χ2n) is 9.36. The minimum atomic E-state index is -1.65. The molecule has 0 amide bonds. The Kier molecular flexibility index (Phi) is 7.06. The highest BCUT2D eigenvalue weighted by atomic mass is 16.8. The zero-order valence-corrected chi connectivity index (χ0v) is 20.1. The molecule has 0 unspecified atom stereocenters. The van der Waals surface area contributed by atoms with Crippen molar-refractivity contribution in [1.82, 2.24) is 0 Å². The Morgan fingerprint density at radius 2 is 1.78 bits per heavy atom. The summed E-state index contributed by atoms with van der Waals surface area (Å²) in [6.45, 7) is -1.04. The third kappa shape index (κ3) is 4.25. The lowest BCUT2D eigenvalue weighted by molar-refractivity contribution is -0.344. The first-order valence-electron chi connectivity index (χ1n) is 11.8. The maximum absolute atomic E-state index is 13.0. The van der Waals surface area contributed by atoms with Gasteiger partial charge in [-0.15, -0.1) is 0 Å². The molecule has 5 N–H and O–H groups in total. The van der Waals surface area contributed by atoms with Gasteiger partial charge in [-0.05, 0) is 24.3 Å². The molecule has 0 aromatic heterocycles. The molecule has 1 aliphatic carbocycles. The average molecular weight is 526 g/mol. The lowest BCUT2D eigenvalue weighted by atomic mass is 9.85. The van der Waals surface area contributed by atoms with E-state index < -0.39 is 85.8 Å². The van der Waals surface area contributed by atoms with Gasteiger partial charge in [0.15, 0.2) is 17.8 Å². The van der Waals surface area contributed by atoms with Gasteiger partial charge in [0.25, 0.3) is 0 Å². The Morgan fingerprint density at radius 3 is 2.46 bits per heavy atom. The zero-order valence-electron chi connectivity index (χ0n) is 20.1.